The highest BCUT2D eigenvalue weighted by molar-refractivity contribution is 7.97. The number of ether oxygens (including phenoxy) is 2. The van der Waals surface area contributed by atoms with Crippen LogP contribution >= 0.6 is 0 Å². The van der Waals surface area contributed by atoms with E-state index in [2.05, 4.69) is 31.5 Å². The predicted octanol–water partition coefficient (Wildman–Crippen LogP) is 0.788. The summed E-state index contributed by atoms with van der Waals surface area (Å²) in [5.41, 5.74) is 0. The average Bonchev–Trinajstić information content (AvgIpc) is 2.85. The van der Waals surface area contributed by atoms with E-state index in [0.717, 1.165) is 13.1 Å². The number of hydrogen-bond acceptors (Lipinski definition) is 10. The fourth-order valence-electron chi connectivity index (χ4n) is 5.89. The van der Waals surface area contributed by atoms with Crippen LogP contribution in [0.1, 0.15) is 44.9 Å². The number of alkyl halides is 4. The van der Waals surface area contributed by atoms with E-state index in [1.165, 1.54) is 6.26 Å². The van der Waals surface area contributed by atoms with Crippen LogP contribution in [0.3, 0.4) is 0 Å². The molecule has 0 radical (unpaired) electrons. The Bertz CT molecular complexity index is 781. The minimum absolute atomic E-state index is 0.0000969. The summed E-state index contributed by atoms with van der Waals surface area (Å²) in [5, 5.41) is 15.6. The molecule has 4 aliphatic rings. The first-order chi connectivity index (χ1) is 17.9. The molecule has 2 heterocycles. The maximum Gasteiger partial charge on any atom is 0.411 e. The highest BCUT2D eigenvalue weighted by Crippen LogP contribution is 2.29. The molecule has 2 aliphatic heterocycles. The molecule has 10 nitrogen and oxygen atoms in total. The summed E-state index contributed by atoms with van der Waals surface area (Å²) in [6.07, 6.45) is -2.33. The highest BCUT2D eigenvalue weighted by Gasteiger charge is 2.38. The number of halogens is 4. The Hall–Kier alpha value is -0.490. The van der Waals surface area contributed by atoms with Crippen LogP contribution in [0.4, 0.5) is 17.6 Å². The summed E-state index contributed by atoms with van der Waals surface area (Å²) in [4.78, 5) is 2.23. The lowest BCUT2D eigenvalue weighted by Gasteiger charge is -2.44. The molecule has 0 aromatic rings. The molecule has 222 valence electrons. The number of morpholine rings is 1. The minimum Gasteiger partial charge on any atom is -0.615 e. The third-order valence-electron chi connectivity index (χ3n) is 7.95. The zero-order valence-corrected chi connectivity index (χ0v) is 22.6. The molecule has 5 N–H and O–H groups in total. The summed E-state index contributed by atoms with van der Waals surface area (Å²) in [6, 6.07) is -0.0230. The van der Waals surface area contributed by atoms with E-state index in [0.29, 0.717) is 64.7 Å². The van der Waals surface area contributed by atoms with Crippen LogP contribution in [-0.4, -0.2) is 104 Å². The molecule has 7 atom stereocenters. The van der Waals surface area contributed by atoms with Crippen molar-refractivity contribution < 1.29 is 35.8 Å². The van der Waals surface area contributed by atoms with Gasteiger partial charge in [0.1, 0.15) is 30.6 Å². The number of sulfone groups is 1. The Morgan fingerprint density at radius 2 is 1.61 bits per heavy atom. The van der Waals surface area contributed by atoms with E-state index in [1.807, 2.05) is 0 Å². The van der Waals surface area contributed by atoms with Crippen molar-refractivity contribution in [1.29, 1.82) is 0 Å². The van der Waals surface area contributed by atoms with Gasteiger partial charge in [0.15, 0.2) is 6.35 Å². The first-order valence-electron chi connectivity index (χ1n) is 13.6. The van der Waals surface area contributed by atoms with Gasteiger partial charge in [-0.3, -0.25) is 31.5 Å². The third-order valence-corrected chi connectivity index (χ3v) is 9.64. The summed E-state index contributed by atoms with van der Waals surface area (Å²) in [7, 11) is -3.10. The van der Waals surface area contributed by atoms with Gasteiger partial charge in [0.05, 0.1) is 19.5 Å². The van der Waals surface area contributed by atoms with Crippen LogP contribution in [0.5, 0.6) is 0 Å². The van der Waals surface area contributed by atoms with E-state index >= 15 is 0 Å². The van der Waals surface area contributed by atoms with E-state index in [-0.39, 0.29) is 23.3 Å². The van der Waals surface area contributed by atoms with Gasteiger partial charge >= 0.3 is 6.18 Å². The maximum absolute atomic E-state index is 14.8. The van der Waals surface area contributed by atoms with Crippen LogP contribution < -0.4 is 26.6 Å². The van der Waals surface area contributed by atoms with Crippen molar-refractivity contribution in [1.82, 2.24) is 31.5 Å². The van der Waals surface area contributed by atoms with Gasteiger partial charge in [0.25, 0.3) is 0 Å². The molecule has 4 fully saturated rings. The smallest absolute Gasteiger partial charge is 0.411 e. The second kappa shape index (κ2) is 13.4. The Morgan fingerprint density at radius 1 is 1.00 bits per heavy atom. The minimum atomic E-state index is -4.48. The quantitative estimate of drug-likeness (QED) is 0.200. The van der Waals surface area contributed by atoms with Crippen LogP contribution in [0.25, 0.3) is 0 Å². The van der Waals surface area contributed by atoms with Gasteiger partial charge in [-0.15, -0.1) is 4.21 Å². The lowest BCUT2D eigenvalue weighted by molar-refractivity contribution is -0.199. The Labute approximate surface area is 222 Å². The van der Waals surface area contributed by atoms with Crippen LogP contribution in [0, 0.1) is 5.92 Å². The van der Waals surface area contributed by atoms with E-state index in [4.69, 9.17) is 9.47 Å². The lowest BCUT2D eigenvalue weighted by atomic mass is 9.83. The Balaban J connectivity index is 1.32. The van der Waals surface area contributed by atoms with Crippen molar-refractivity contribution in [2.75, 3.05) is 45.7 Å². The molecule has 7 unspecified atom stereocenters. The first kappa shape index (κ1) is 30.5. The summed E-state index contributed by atoms with van der Waals surface area (Å²) in [5.74, 6) is -0.128. The SMILES string of the molecule is C[S+](=O)([O-])C1CCC(NC2NC(NC3CCC(F)C(CN4CCOCC4)C3)NC(OCC(F)(F)F)N2)CC1. The van der Waals surface area contributed by atoms with Gasteiger partial charge in [-0.25, -0.2) is 4.39 Å². The molecular formula is C23H42F4N6O4S. The van der Waals surface area contributed by atoms with Gasteiger partial charge in [-0.2, -0.15) is 13.2 Å². The number of nitrogens with zero attached hydrogens (tertiary/aromatic N) is 1. The van der Waals surface area contributed by atoms with Crippen LogP contribution in [-0.2, 0) is 23.9 Å². The number of nitrogens with one attached hydrogen (secondary N) is 5. The fraction of sp³-hybridized carbons (Fsp3) is 1.00. The summed E-state index contributed by atoms with van der Waals surface area (Å²) < 4.78 is 87.4. The first-order valence-corrected chi connectivity index (χ1v) is 15.5. The van der Waals surface area contributed by atoms with Crippen molar-refractivity contribution in [3.05, 3.63) is 0 Å². The molecule has 0 amide bonds. The van der Waals surface area contributed by atoms with Crippen molar-refractivity contribution in [2.24, 2.45) is 5.92 Å². The molecule has 2 aliphatic carbocycles. The second-order valence-corrected chi connectivity index (χ2v) is 13.3. The molecule has 2 saturated heterocycles. The van der Waals surface area contributed by atoms with Gasteiger partial charge in [-0.05, 0) is 44.9 Å². The molecule has 0 spiro atoms. The normalized spacial score (nSPS) is 39.5. The molecular weight excluding hydrogens is 532 g/mol. The molecule has 4 rings (SSSR count). The Kier molecular flexibility index (Phi) is 10.8. The fourth-order valence-corrected chi connectivity index (χ4v) is 7.02. The molecule has 0 aromatic heterocycles. The van der Waals surface area contributed by atoms with Gasteiger partial charge < -0.3 is 14.0 Å². The van der Waals surface area contributed by atoms with Gasteiger partial charge in [0.2, 0.25) is 0 Å². The standard InChI is InChI=1S/C23H42F4N6O4S/c1-38(34,35)18-5-2-16(3-6-18)28-20-30-21(32-22(31-20)37-14-23(25,26)27)29-17-4-7-19(24)15(12-17)13-33-8-10-36-11-9-33/h15-22,28-32H,2-14H2,1H3. The summed E-state index contributed by atoms with van der Waals surface area (Å²) >= 11 is 0. The zero-order chi connectivity index (χ0) is 27.3. The largest absolute Gasteiger partial charge is 0.615 e. The van der Waals surface area contributed by atoms with Gasteiger partial charge in [-0.1, -0.05) is 0 Å². The lowest BCUT2D eigenvalue weighted by Crippen LogP contribution is -2.76. The third kappa shape index (κ3) is 9.56. The van der Waals surface area contributed by atoms with Crippen LogP contribution in [0.15, 0.2) is 0 Å². The molecule has 2 saturated carbocycles. The highest BCUT2D eigenvalue weighted by atomic mass is 32.3. The van der Waals surface area contributed by atoms with E-state index < -0.39 is 48.1 Å². The molecule has 15 heteroatoms. The van der Waals surface area contributed by atoms with Crippen molar-refractivity contribution in [3.8, 4) is 0 Å². The van der Waals surface area contributed by atoms with Crippen molar-refractivity contribution in [2.45, 2.75) is 93.6 Å². The topological polar surface area (TPSA) is 122 Å². The molecule has 0 aromatic carbocycles. The van der Waals surface area contributed by atoms with Crippen molar-refractivity contribution in [3.63, 3.8) is 0 Å². The van der Waals surface area contributed by atoms with E-state index in [9.17, 15) is 26.3 Å². The predicted molar refractivity (Wildman–Crippen MR) is 133 cm³/mol. The monoisotopic (exact) mass is 574 g/mol. The van der Waals surface area contributed by atoms with Gasteiger partial charge in [0, 0.05) is 47.8 Å². The Morgan fingerprint density at radius 3 is 2.21 bits per heavy atom. The van der Waals surface area contributed by atoms with Crippen molar-refractivity contribution >= 4 is 10.2 Å². The molecule has 38 heavy (non-hydrogen) atoms. The molecule has 0 bridgehead atoms. The maximum atomic E-state index is 14.8. The number of rotatable bonds is 9. The second-order valence-electron chi connectivity index (χ2n) is 11.0. The number of hydrogen-bond donors (Lipinski definition) is 5. The van der Waals surface area contributed by atoms with Crippen LogP contribution in [0.2, 0.25) is 0 Å². The average molecular weight is 575 g/mol. The van der Waals surface area contributed by atoms with E-state index in [1.54, 1.807) is 0 Å². The summed E-state index contributed by atoms with van der Waals surface area (Å²) in [6.45, 7) is 2.13. The zero-order valence-electron chi connectivity index (χ0n) is 21.8.